The summed E-state index contributed by atoms with van der Waals surface area (Å²) in [4.78, 5) is 37.9. The molecule has 0 radical (unpaired) electrons. The Morgan fingerprint density at radius 3 is 2.73 bits per heavy atom. The van der Waals surface area contributed by atoms with Crippen LogP contribution in [0.2, 0.25) is 5.02 Å². The molecule has 0 fully saturated rings. The van der Waals surface area contributed by atoms with E-state index < -0.39 is 11.8 Å². The highest BCUT2D eigenvalue weighted by atomic mass is 35.5. The Bertz CT molecular complexity index is 943. The molecule has 2 heterocycles. The van der Waals surface area contributed by atoms with Gasteiger partial charge in [0.1, 0.15) is 0 Å². The van der Waals surface area contributed by atoms with Gasteiger partial charge in [-0.3, -0.25) is 19.3 Å². The SMILES string of the molecule is O=C(CCN1C(=O)c2cccc(Cl)c2C1=O)Nc1ccc2c(c1)OCO2. The minimum Gasteiger partial charge on any atom is -0.454 e. The van der Waals surface area contributed by atoms with Crippen molar-refractivity contribution in [2.24, 2.45) is 0 Å². The monoisotopic (exact) mass is 372 g/mol. The number of anilines is 1. The van der Waals surface area contributed by atoms with Gasteiger partial charge in [0.2, 0.25) is 12.7 Å². The molecule has 0 aliphatic carbocycles. The molecule has 0 bridgehead atoms. The first-order valence-electron chi connectivity index (χ1n) is 7.89. The fraction of sp³-hybridized carbons (Fsp3) is 0.167. The molecule has 8 heteroatoms. The maximum atomic E-state index is 12.4. The fourth-order valence-electron chi connectivity index (χ4n) is 2.91. The molecule has 1 N–H and O–H groups in total. The second kappa shape index (κ2) is 6.34. The van der Waals surface area contributed by atoms with Crippen LogP contribution in [0.15, 0.2) is 36.4 Å². The van der Waals surface area contributed by atoms with Crippen LogP contribution in [-0.2, 0) is 4.79 Å². The first-order chi connectivity index (χ1) is 12.5. The zero-order valence-corrected chi connectivity index (χ0v) is 14.2. The van der Waals surface area contributed by atoms with Crippen molar-refractivity contribution in [1.82, 2.24) is 4.90 Å². The summed E-state index contributed by atoms with van der Waals surface area (Å²) in [6, 6.07) is 9.76. The van der Waals surface area contributed by atoms with Gasteiger partial charge < -0.3 is 14.8 Å². The van der Waals surface area contributed by atoms with Crippen molar-refractivity contribution >= 4 is 35.0 Å². The van der Waals surface area contributed by atoms with Gasteiger partial charge in [-0.25, -0.2) is 0 Å². The molecule has 0 aromatic heterocycles. The number of imide groups is 1. The van der Waals surface area contributed by atoms with Crippen LogP contribution in [0.25, 0.3) is 0 Å². The van der Waals surface area contributed by atoms with E-state index in [-0.39, 0.29) is 41.8 Å². The first kappa shape index (κ1) is 16.4. The summed E-state index contributed by atoms with van der Waals surface area (Å²) in [6.07, 6.45) is -0.0302. The second-order valence-corrected chi connectivity index (χ2v) is 6.20. The lowest BCUT2D eigenvalue weighted by Crippen LogP contribution is -2.32. The van der Waals surface area contributed by atoms with E-state index >= 15 is 0 Å². The predicted molar refractivity (Wildman–Crippen MR) is 92.6 cm³/mol. The molecular formula is C18H13ClN2O5. The van der Waals surface area contributed by atoms with E-state index in [1.54, 1.807) is 36.4 Å². The number of carbonyl (C=O) groups is 3. The molecule has 132 valence electrons. The summed E-state index contributed by atoms with van der Waals surface area (Å²) in [5, 5.41) is 2.94. The van der Waals surface area contributed by atoms with Crippen molar-refractivity contribution in [3.05, 3.63) is 52.5 Å². The molecule has 0 atom stereocenters. The topological polar surface area (TPSA) is 84.9 Å². The summed E-state index contributed by atoms with van der Waals surface area (Å²) in [6.45, 7) is 0.119. The molecule has 4 rings (SSSR count). The number of halogens is 1. The molecular weight excluding hydrogens is 360 g/mol. The lowest BCUT2D eigenvalue weighted by molar-refractivity contribution is -0.116. The first-order valence-corrected chi connectivity index (χ1v) is 8.26. The molecule has 3 amide bonds. The maximum absolute atomic E-state index is 12.4. The highest BCUT2D eigenvalue weighted by Crippen LogP contribution is 2.34. The summed E-state index contributed by atoms with van der Waals surface area (Å²) in [7, 11) is 0. The highest BCUT2D eigenvalue weighted by Gasteiger charge is 2.37. The van der Waals surface area contributed by atoms with Crippen molar-refractivity contribution in [2.45, 2.75) is 6.42 Å². The zero-order chi connectivity index (χ0) is 18.3. The third kappa shape index (κ3) is 2.76. The van der Waals surface area contributed by atoms with Crippen LogP contribution < -0.4 is 14.8 Å². The van der Waals surface area contributed by atoms with Crippen LogP contribution in [-0.4, -0.2) is 36.0 Å². The molecule has 0 saturated carbocycles. The Labute approximate surface area is 153 Å². The standard InChI is InChI=1S/C18H13ClN2O5/c19-12-3-1-2-11-16(12)18(24)21(17(11)23)7-6-15(22)20-10-4-5-13-14(8-10)26-9-25-13/h1-5,8H,6-7,9H2,(H,20,22). The quantitative estimate of drug-likeness (QED) is 0.834. The zero-order valence-electron chi connectivity index (χ0n) is 13.5. The summed E-state index contributed by atoms with van der Waals surface area (Å²) < 4.78 is 10.5. The Morgan fingerprint density at radius 1 is 1.12 bits per heavy atom. The van der Waals surface area contributed by atoms with Crippen LogP contribution in [0, 0.1) is 0 Å². The van der Waals surface area contributed by atoms with E-state index in [0.29, 0.717) is 17.2 Å². The van der Waals surface area contributed by atoms with Gasteiger partial charge in [-0.05, 0) is 24.3 Å². The predicted octanol–water partition coefficient (Wildman–Crippen LogP) is 2.69. The van der Waals surface area contributed by atoms with Crippen LogP contribution in [0.4, 0.5) is 5.69 Å². The lowest BCUT2D eigenvalue weighted by Gasteiger charge is -2.13. The van der Waals surface area contributed by atoms with Crippen molar-refractivity contribution in [1.29, 1.82) is 0 Å². The molecule has 2 aliphatic rings. The third-order valence-corrected chi connectivity index (χ3v) is 4.48. The van der Waals surface area contributed by atoms with Gasteiger partial charge in [0, 0.05) is 24.7 Å². The Kier molecular flexibility index (Phi) is 4.00. The van der Waals surface area contributed by atoms with Gasteiger partial charge >= 0.3 is 0 Å². The summed E-state index contributed by atoms with van der Waals surface area (Å²) in [5.41, 5.74) is 0.999. The number of carbonyl (C=O) groups excluding carboxylic acids is 3. The van der Waals surface area contributed by atoms with Gasteiger partial charge in [-0.2, -0.15) is 0 Å². The van der Waals surface area contributed by atoms with E-state index in [2.05, 4.69) is 5.32 Å². The smallest absolute Gasteiger partial charge is 0.263 e. The van der Waals surface area contributed by atoms with E-state index in [4.69, 9.17) is 21.1 Å². The molecule has 2 aromatic carbocycles. The van der Waals surface area contributed by atoms with Crippen LogP contribution in [0.3, 0.4) is 0 Å². The minimum atomic E-state index is -0.480. The number of rotatable bonds is 4. The third-order valence-electron chi connectivity index (χ3n) is 4.17. The molecule has 0 spiro atoms. The van der Waals surface area contributed by atoms with Crippen molar-refractivity contribution in [3.63, 3.8) is 0 Å². The summed E-state index contributed by atoms with van der Waals surface area (Å²) >= 11 is 6.01. The number of hydrogen-bond donors (Lipinski definition) is 1. The van der Waals surface area contributed by atoms with Crippen LogP contribution in [0.5, 0.6) is 11.5 Å². The lowest BCUT2D eigenvalue weighted by atomic mass is 10.1. The molecule has 0 saturated heterocycles. The molecule has 0 unspecified atom stereocenters. The molecule has 2 aromatic rings. The van der Waals surface area contributed by atoms with Crippen LogP contribution in [0.1, 0.15) is 27.1 Å². The number of ether oxygens (including phenoxy) is 2. The van der Waals surface area contributed by atoms with E-state index in [0.717, 1.165) is 4.90 Å². The number of fused-ring (bicyclic) bond motifs is 2. The average Bonchev–Trinajstić information content (AvgIpc) is 3.17. The Balaban J connectivity index is 1.40. The van der Waals surface area contributed by atoms with Gasteiger partial charge in [-0.15, -0.1) is 0 Å². The van der Waals surface area contributed by atoms with Crippen molar-refractivity contribution in [3.8, 4) is 11.5 Å². The highest BCUT2D eigenvalue weighted by molar-refractivity contribution is 6.37. The molecule has 26 heavy (non-hydrogen) atoms. The summed E-state index contributed by atoms with van der Waals surface area (Å²) in [5.74, 6) is -0.0786. The Hall–Kier alpha value is -3.06. The van der Waals surface area contributed by atoms with E-state index in [1.807, 2.05) is 0 Å². The average molecular weight is 373 g/mol. The number of amides is 3. The van der Waals surface area contributed by atoms with Gasteiger partial charge in [0.25, 0.3) is 11.8 Å². The van der Waals surface area contributed by atoms with Crippen molar-refractivity contribution < 1.29 is 23.9 Å². The van der Waals surface area contributed by atoms with Crippen molar-refractivity contribution in [2.75, 3.05) is 18.7 Å². The Morgan fingerprint density at radius 2 is 1.92 bits per heavy atom. The van der Waals surface area contributed by atoms with Gasteiger partial charge in [0.15, 0.2) is 11.5 Å². The fourth-order valence-corrected chi connectivity index (χ4v) is 3.16. The number of nitrogens with one attached hydrogen (secondary N) is 1. The largest absolute Gasteiger partial charge is 0.454 e. The molecule has 2 aliphatic heterocycles. The molecule has 7 nitrogen and oxygen atoms in total. The maximum Gasteiger partial charge on any atom is 0.263 e. The van der Waals surface area contributed by atoms with Gasteiger partial charge in [-0.1, -0.05) is 17.7 Å². The van der Waals surface area contributed by atoms with Gasteiger partial charge in [0.05, 0.1) is 16.1 Å². The normalized spacial score (nSPS) is 14.6. The number of hydrogen-bond acceptors (Lipinski definition) is 5. The minimum absolute atomic E-state index is 0.0287. The van der Waals surface area contributed by atoms with E-state index in [1.165, 1.54) is 0 Å². The van der Waals surface area contributed by atoms with Crippen LogP contribution >= 0.6 is 11.6 Å². The number of benzene rings is 2. The second-order valence-electron chi connectivity index (χ2n) is 5.79. The number of nitrogens with zero attached hydrogens (tertiary/aromatic N) is 1. The van der Waals surface area contributed by atoms with E-state index in [9.17, 15) is 14.4 Å².